The number of nitrogens with one attached hydrogen (secondary N) is 1. The number of hydrogen-bond acceptors (Lipinski definition) is 4. The molecule has 2 heterocycles. The van der Waals surface area contributed by atoms with Crippen molar-refractivity contribution in [1.29, 1.82) is 0 Å². The van der Waals surface area contributed by atoms with Crippen molar-refractivity contribution >= 4 is 11.0 Å². The summed E-state index contributed by atoms with van der Waals surface area (Å²) >= 11 is 0. The van der Waals surface area contributed by atoms with Crippen molar-refractivity contribution in [3.05, 3.63) is 23.9 Å². The standard InChI is InChI=1S/C11H12N2O2/c14-9-3-1-2-8-10(13-15-11(8)9)7-4-5-12-6-7/h1-3,7,12,14H,4-6H2. The van der Waals surface area contributed by atoms with Gasteiger partial charge in [-0.3, -0.25) is 0 Å². The first kappa shape index (κ1) is 8.73. The lowest BCUT2D eigenvalue weighted by molar-refractivity contribution is 0.413. The third kappa shape index (κ3) is 1.29. The fourth-order valence-corrected chi connectivity index (χ4v) is 2.15. The molecule has 1 aliphatic rings. The zero-order chi connectivity index (χ0) is 10.3. The van der Waals surface area contributed by atoms with E-state index in [2.05, 4.69) is 10.5 Å². The summed E-state index contributed by atoms with van der Waals surface area (Å²) < 4.78 is 5.16. The van der Waals surface area contributed by atoms with E-state index in [1.807, 2.05) is 12.1 Å². The van der Waals surface area contributed by atoms with E-state index < -0.39 is 0 Å². The summed E-state index contributed by atoms with van der Waals surface area (Å²) in [6.07, 6.45) is 1.08. The van der Waals surface area contributed by atoms with Gasteiger partial charge in [0.25, 0.3) is 0 Å². The molecule has 1 fully saturated rings. The summed E-state index contributed by atoms with van der Waals surface area (Å²) in [5, 5.41) is 17.9. The lowest BCUT2D eigenvalue weighted by Gasteiger charge is -2.02. The van der Waals surface area contributed by atoms with Crippen LogP contribution < -0.4 is 5.32 Å². The predicted octanol–water partition coefficient (Wildman–Crippen LogP) is 1.61. The zero-order valence-corrected chi connectivity index (χ0v) is 8.23. The normalized spacial score (nSPS) is 21.2. The highest BCUT2D eigenvalue weighted by atomic mass is 16.5. The second-order valence-electron chi connectivity index (χ2n) is 3.91. The van der Waals surface area contributed by atoms with Gasteiger partial charge in [0.15, 0.2) is 5.75 Å². The quantitative estimate of drug-likeness (QED) is 0.741. The minimum Gasteiger partial charge on any atom is -0.504 e. The Kier molecular flexibility index (Phi) is 1.89. The predicted molar refractivity (Wildman–Crippen MR) is 55.9 cm³/mol. The smallest absolute Gasteiger partial charge is 0.208 e. The van der Waals surface area contributed by atoms with E-state index in [0.717, 1.165) is 30.6 Å². The highest BCUT2D eigenvalue weighted by Gasteiger charge is 2.23. The Balaban J connectivity index is 2.15. The molecule has 4 heteroatoms. The van der Waals surface area contributed by atoms with Crippen LogP contribution in [0.1, 0.15) is 18.0 Å². The molecule has 0 spiro atoms. The molecule has 2 N–H and O–H groups in total. The van der Waals surface area contributed by atoms with Gasteiger partial charge in [0.1, 0.15) is 0 Å². The number of fused-ring (bicyclic) bond motifs is 1. The topological polar surface area (TPSA) is 58.3 Å². The van der Waals surface area contributed by atoms with Crippen molar-refractivity contribution in [3.63, 3.8) is 0 Å². The molecule has 2 aromatic rings. The van der Waals surface area contributed by atoms with E-state index in [4.69, 9.17) is 4.52 Å². The Morgan fingerprint density at radius 3 is 3.20 bits per heavy atom. The lowest BCUT2D eigenvalue weighted by atomic mass is 10.0. The molecule has 0 aliphatic carbocycles. The molecular weight excluding hydrogens is 192 g/mol. The van der Waals surface area contributed by atoms with Gasteiger partial charge in [-0.25, -0.2) is 0 Å². The van der Waals surface area contributed by atoms with Crippen molar-refractivity contribution < 1.29 is 9.63 Å². The minimum absolute atomic E-state index is 0.164. The highest BCUT2D eigenvalue weighted by Crippen LogP contribution is 2.32. The average Bonchev–Trinajstić information content (AvgIpc) is 2.85. The number of phenolic OH excluding ortho intramolecular Hbond substituents is 1. The number of benzene rings is 1. The van der Waals surface area contributed by atoms with Gasteiger partial charge in [0, 0.05) is 17.8 Å². The Labute approximate surface area is 86.9 Å². The number of rotatable bonds is 1. The van der Waals surface area contributed by atoms with Crippen LogP contribution in [0, 0.1) is 0 Å². The van der Waals surface area contributed by atoms with Crippen LogP contribution in [0.4, 0.5) is 0 Å². The van der Waals surface area contributed by atoms with Crippen molar-refractivity contribution in [2.45, 2.75) is 12.3 Å². The van der Waals surface area contributed by atoms with Crippen LogP contribution >= 0.6 is 0 Å². The first-order chi connectivity index (χ1) is 7.36. The van der Waals surface area contributed by atoms with Crippen LogP contribution in [-0.4, -0.2) is 23.4 Å². The van der Waals surface area contributed by atoms with Crippen LogP contribution in [0.5, 0.6) is 5.75 Å². The Morgan fingerprint density at radius 2 is 2.40 bits per heavy atom. The van der Waals surface area contributed by atoms with Crippen LogP contribution in [0.15, 0.2) is 22.7 Å². The fraction of sp³-hybridized carbons (Fsp3) is 0.364. The molecule has 3 rings (SSSR count). The maximum Gasteiger partial charge on any atom is 0.208 e. The third-order valence-electron chi connectivity index (χ3n) is 2.95. The maximum atomic E-state index is 9.58. The second-order valence-corrected chi connectivity index (χ2v) is 3.91. The largest absolute Gasteiger partial charge is 0.504 e. The van der Waals surface area contributed by atoms with Crippen molar-refractivity contribution in [2.75, 3.05) is 13.1 Å². The van der Waals surface area contributed by atoms with Crippen LogP contribution in [-0.2, 0) is 0 Å². The summed E-state index contributed by atoms with van der Waals surface area (Å²) in [5.74, 6) is 0.574. The molecule has 0 radical (unpaired) electrons. The molecular formula is C11H12N2O2. The first-order valence-corrected chi connectivity index (χ1v) is 5.14. The molecule has 1 saturated heterocycles. The molecule has 1 aromatic heterocycles. The van der Waals surface area contributed by atoms with E-state index in [0.29, 0.717) is 11.5 Å². The summed E-state index contributed by atoms with van der Waals surface area (Å²) in [5.41, 5.74) is 1.46. The summed E-state index contributed by atoms with van der Waals surface area (Å²) in [6, 6.07) is 5.38. The molecule has 1 atom stereocenters. The van der Waals surface area contributed by atoms with Gasteiger partial charge < -0.3 is 14.9 Å². The molecule has 4 nitrogen and oxygen atoms in total. The van der Waals surface area contributed by atoms with Gasteiger partial charge in [0.2, 0.25) is 5.58 Å². The monoisotopic (exact) mass is 204 g/mol. The van der Waals surface area contributed by atoms with Gasteiger partial charge >= 0.3 is 0 Å². The zero-order valence-electron chi connectivity index (χ0n) is 8.23. The summed E-state index contributed by atoms with van der Waals surface area (Å²) in [4.78, 5) is 0. The van der Waals surface area contributed by atoms with Crippen molar-refractivity contribution in [3.8, 4) is 5.75 Å². The number of nitrogens with zero attached hydrogens (tertiary/aromatic N) is 1. The molecule has 1 aromatic carbocycles. The number of phenols is 1. The lowest BCUT2D eigenvalue weighted by Crippen LogP contribution is -2.08. The van der Waals surface area contributed by atoms with Crippen LogP contribution in [0.25, 0.3) is 11.0 Å². The second kappa shape index (κ2) is 3.24. The molecule has 0 bridgehead atoms. The number of aromatic hydroxyl groups is 1. The van der Waals surface area contributed by atoms with Crippen LogP contribution in [0.3, 0.4) is 0 Å². The highest BCUT2D eigenvalue weighted by molar-refractivity contribution is 5.84. The van der Waals surface area contributed by atoms with E-state index in [1.54, 1.807) is 6.07 Å². The number of aromatic nitrogens is 1. The van der Waals surface area contributed by atoms with Crippen molar-refractivity contribution in [2.24, 2.45) is 0 Å². The Bertz CT molecular complexity index is 486. The fourth-order valence-electron chi connectivity index (χ4n) is 2.15. The summed E-state index contributed by atoms with van der Waals surface area (Å²) in [6.45, 7) is 1.97. The molecule has 0 saturated carbocycles. The molecule has 0 amide bonds. The van der Waals surface area contributed by atoms with E-state index >= 15 is 0 Å². The van der Waals surface area contributed by atoms with E-state index in [1.165, 1.54) is 0 Å². The Hall–Kier alpha value is -1.55. The summed E-state index contributed by atoms with van der Waals surface area (Å²) in [7, 11) is 0. The first-order valence-electron chi connectivity index (χ1n) is 5.14. The van der Waals surface area contributed by atoms with Crippen molar-refractivity contribution in [1.82, 2.24) is 10.5 Å². The number of hydrogen-bond donors (Lipinski definition) is 2. The molecule has 1 unspecified atom stereocenters. The van der Waals surface area contributed by atoms with Gasteiger partial charge in [0.05, 0.1) is 5.69 Å². The van der Waals surface area contributed by atoms with Crippen LogP contribution in [0.2, 0.25) is 0 Å². The van der Waals surface area contributed by atoms with Gasteiger partial charge in [-0.2, -0.15) is 0 Å². The molecule has 15 heavy (non-hydrogen) atoms. The van der Waals surface area contributed by atoms with Gasteiger partial charge in [-0.05, 0) is 25.1 Å². The third-order valence-corrected chi connectivity index (χ3v) is 2.95. The van der Waals surface area contributed by atoms with E-state index in [-0.39, 0.29) is 5.75 Å². The SMILES string of the molecule is Oc1cccc2c(C3CCNC3)noc12. The average molecular weight is 204 g/mol. The van der Waals surface area contributed by atoms with E-state index in [9.17, 15) is 5.11 Å². The minimum atomic E-state index is 0.164. The Morgan fingerprint density at radius 1 is 1.47 bits per heavy atom. The molecule has 1 aliphatic heterocycles. The van der Waals surface area contributed by atoms with Gasteiger partial charge in [-0.15, -0.1) is 0 Å². The maximum absolute atomic E-state index is 9.58. The molecule has 78 valence electrons. The number of para-hydroxylation sites is 1. The van der Waals surface area contributed by atoms with Gasteiger partial charge in [-0.1, -0.05) is 11.2 Å².